The van der Waals surface area contributed by atoms with Crippen LogP contribution >= 0.6 is 0 Å². The zero-order valence-electron chi connectivity index (χ0n) is 16.7. The first-order valence-electron chi connectivity index (χ1n) is 9.78. The summed E-state index contributed by atoms with van der Waals surface area (Å²) < 4.78 is 11.8. The van der Waals surface area contributed by atoms with E-state index in [0.29, 0.717) is 19.6 Å². The van der Waals surface area contributed by atoms with Crippen LogP contribution < -0.4 is 9.47 Å². The van der Waals surface area contributed by atoms with Crippen LogP contribution in [0.15, 0.2) is 60.7 Å². The molecule has 4 nitrogen and oxygen atoms in total. The smallest absolute Gasteiger partial charge is 0.123 e. The standard InChI is InChI=1S/C24H29NO3/c1-25(2)14-17-27-21-11-8-19(9-12-21)18-23-22-7-4-3-6-20(22)10-13-24(23)28-16-5-15-26/h3-4,6-13,26H,5,14-18H2,1-2H3. The fourth-order valence-corrected chi connectivity index (χ4v) is 3.13. The maximum atomic E-state index is 9.04. The Bertz CT molecular complexity index is 875. The Kier molecular flexibility index (Phi) is 7.29. The zero-order chi connectivity index (χ0) is 19.8. The van der Waals surface area contributed by atoms with Gasteiger partial charge in [-0.15, -0.1) is 0 Å². The number of fused-ring (bicyclic) bond motifs is 1. The minimum atomic E-state index is 0.137. The summed E-state index contributed by atoms with van der Waals surface area (Å²) in [4.78, 5) is 2.10. The molecule has 0 spiro atoms. The Labute approximate surface area is 167 Å². The van der Waals surface area contributed by atoms with Gasteiger partial charge in [0.05, 0.1) is 6.61 Å². The van der Waals surface area contributed by atoms with E-state index < -0.39 is 0 Å². The molecular formula is C24H29NO3. The number of hydrogen-bond donors (Lipinski definition) is 1. The van der Waals surface area contributed by atoms with Gasteiger partial charge in [-0.05, 0) is 48.6 Å². The molecule has 0 bridgehead atoms. The number of ether oxygens (including phenoxy) is 2. The van der Waals surface area contributed by atoms with Crippen molar-refractivity contribution in [3.63, 3.8) is 0 Å². The molecule has 0 unspecified atom stereocenters. The van der Waals surface area contributed by atoms with Crippen molar-refractivity contribution < 1.29 is 14.6 Å². The topological polar surface area (TPSA) is 41.9 Å². The lowest BCUT2D eigenvalue weighted by molar-refractivity contribution is 0.233. The van der Waals surface area contributed by atoms with Gasteiger partial charge in [-0.3, -0.25) is 0 Å². The van der Waals surface area contributed by atoms with Gasteiger partial charge in [0, 0.05) is 31.6 Å². The highest BCUT2D eigenvalue weighted by atomic mass is 16.5. The van der Waals surface area contributed by atoms with E-state index in [1.807, 2.05) is 32.3 Å². The average Bonchev–Trinajstić information content (AvgIpc) is 2.70. The Balaban J connectivity index is 1.79. The molecule has 28 heavy (non-hydrogen) atoms. The number of aliphatic hydroxyl groups excluding tert-OH is 1. The number of aliphatic hydroxyl groups is 1. The van der Waals surface area contributed by atoms with Crippen molar-refractivity contribution in [2.24, 2.45) is 0 Å². The number of nitrogens with zero attached hydrogens (tertiary/aromatic N) is 1. The first kappa shape index (κ1) is 20.2. The molecule has 3 aromatic rings. The van der Waals surface area contributed by atoms with Crippen LogP contribution in [0.1, 0.15) is 17.5 Å². The minimum absolute atomic E-state index is 0.137. The van der Waals surface area contributed by atoms with Crippen molar-refractivity contribution in [2.75, 3.05) is 40.5 Å². The quantitative estimate of drug-likeness (QED) is 0.538. The van der Waals surface area contributed by atoms with Gasteiger partial charge in [-0.25, -0.2) is 0 Å². The molecule has 0 fully saturated rings. The summed E-state index contributed by atoms with van der Waals surface area (Å²) in [6, 6.07) is 20.8. The molecule has 4 heteroatoms. The molecule has 0 aliphatic heterocycles. The number of rotatable bonds is 10. The molecule has 1 N–H and O–H groups in total. The lowest BCUT2D eigenvalue weighted by Crippen LogP contribution is -2.19. The van der Waals surface area contributed by atoms with Gasteiger partial charge in [0.1, 0.15) is 18.1 Å². The first-order valence-corrected chi connectivity index (χ1v) is 9.78. The van der Waals surface area contributed by atoms with Gasteiger partial charge < -0.3 is 19.5 Å². The van der Waals surface area contributed by atoms with Crippen molar-refractivity contribution in [3.05, 3.63) is 71.8 Å². The van der Waals surface area contributed by atoms with Crippen molar-refractivity contribution in [2.45, 2.75) is 12.8 Å². The lowest BCUT2D eigenvalue weighted by Gasteiger charge is -2.15. The number of hydrogen-bond acceptors (Lipinski definition) is 4. The minimum Gasteiger partial charge on any atom is -0.493 e. The number of benzene rings is 3. The Morgan fingerprint density at radius 2 is 1.64 bits per heavy atom. The third-order valence-electron chi connectivity index (χ3n) is 4.67. The van der Waals surface area contributed by atoms with Crippen molar-refractivity contribution in [3.8, 4) is 11.5 Å². The van der Waals surface area contributed by atoms with E-state index in [9.17, 15) is 0 Å². The van der Waals surface area contributed by atoms with E-state index in [1.165, 1.54) is 21.9 Å². The summed E-state index contributed by atoms with van der Waals surface area (Å²) >= 11 is 0. The zero-order valence-corrected chi connectivity index (χ0v) is 16.7. The van der Waals surface area contributed by atoms with Crippen LogP contribution in [-0.4, -0.2) is 50.5 Å². The van der Waals surface area contributed by atoms with Crippen LogP contribution in [0.3, 0.4) is 0 Å². The van der Waals surface area contributed by atoms with E-state index in [-0.39, 0.29) is 6.61 Å². The molecular weight excluding hydrogens is 350 g/mol. The molecule has 148 valence electrons. The second-order valence-corrected chi connectivity index (χ2v) is 7.16. The predicted octanol–water partition coefficient (Wildman–Crippen LogP) is 4.13. The summed E-state index contributed by atoms with van der Waals surface area (Å²) in [5.74, 6) is 1.78. The lowest BCUT2D eigenvalue weighted by atomic mass is 9.97. The van der Waals surface area contributed by atoms with Crippen molar-refractivity contribution >= 4 is 10.8 Å². The third-order valence-corrected chi connectivity index (χ3v) is 4.67. The van der Waals surface area contributed by atoms with Gasteiger partial charge in [0.15, 0.2) is 0 Å². The van der Waals surface area contributed by atoms with Crippen LogP contribution in [0.4, 0.5) is 0 Å². The van der Waals surface area contributed by atoms with Crippen molar-refractivity contribution in [1.82, 2.24) is 4.90 Å². The maximum Gasteiger partial charge on any atom is 0.123 e. The van der Waals surface area contributed by atoms with Gasteiger partial charge in [-0.1, -0.05) is 42.5 Å². The van der Waals surface area contributed by atoms with Gasteiger partial charge >= 0.3 is 0 Å². The monoisotopic (exact) mass is 379 g/mol. The average molecular weight is 380 g/mol. The normalized spacial score (nSPS) is 11.1. The molecule has 0 saturated carbocycles. The van der Waals surface area contributed by atoms with E-state index in [0.717, 1.165) is 24.5 Å². The van der Waals surface area contributed by atoms with Crippen LogP contribution in [0, 0.1) is 0 Å². The highest BCUT2D eigenvalue weighted by molar-refractivity contribution is 5.88. The molecule has 0 heterocycles. The summed E-state index contributed by atoms with van der Waals surface area (Å²) in [7, 11) is 4.08. The fraction of sp³-hybridized carbons (Fsp3) is 0.333. The maximum absolute atomic E-state index is 9.04. The molecule has 3 rings (SSSR count). The van der Waals surface area contributed by atoms with Gasteiger partial charge in [0.25, 0.3) is 0 Å². The van der Waals surface area contributed by atoms with E-state index in [2.05, 4.69) is 47.4 Å². The van der Waals surface area contributed by atoms with E-state index in [4.69, 9.17) is 14.6 Å². The fourth-order valence-electron chi connectivity index (χ4n) is 3.13. The second kappa shape index (κ2) is 10.1. The Morgan fingerprint density at radius 1 is 0.857 bits per heavy atom. The van der Waals surface area contributed by atoms with E-state index in [1.54, 1.807) is 0 Å². The molecule has 0 aliphatic rings. The van der Waals surface area contributed by atoms with Crippen molar-refractivity contribution in [1.29, 1.82) is 0 Å². The molecule has 0 aliphatic carbocycles. The van der Waals surface area contributed by atoms with Crippen LogP contribution in [0.25, 0.3) is 10.8 Å². The molecule has 3 aromatic carbocycles. The highest BCUT2D eigenvalue weighted by Gasteiger charge is 2.10. The summed E-state index contributed by atoms with van der Waals surface area (Å²) in [5.41, 5.74) is 2.39. The molecule has 0 radical (unpaired) electrons. The molecule has 0 saturated heterocycles. The molecule has 0 aromatic heterocycles. The summed E-state index contributed by atoms with van der Waals surface area (Å²) in [6.45, 7) is 2.23. The van der Waals surface area contributed by atoms with Gasteiger partial charge in [0.2, 0.25) is 0 Å². The Morgan fingerprint density at radius 3 is 2.39 bits per heavy atom. The molecule has 0 amide bonds. The highest BCUT2D eigenvalue weighted by Crippen LogP contribution is 2.31. The summed E-state index contributed by atoms with van der Waals surface area (Å²) in [5, 5.41) is 11.5. The predicted molar refractivity (Wildman–Crippen MR) is 114 cm³/mol. The molecule has 0 atom stereocenters. The van der Waals surface area contributed by atoms with Crippen LogP contribution in [-0.2, 0) is 6.42 Å². The largest absolute Gasteiger partial charge is 0.493 e. The Hall–Kier alpha value is -2.56. The van der Waals surface area contributed by atoms with Gasteiger partial charge in [-0.2, -0.15) is 0 Å². The third kappa shape index (κ3) is 5.47. The van der Waals surface area contributed by atoms with Crippen LogP contribution in [0.2, 0.25) is 0 Å². The summed E-state index contributed by atoms with van der Waals surface area (Å²) in [6.07, 6.45) is 1.42. The first-order chi connectivity index (χ1) is 13.7. The SMILES string of the molecule is CN(C)CCOc1ccc(Cc2c(OCCCO)ccc3ccccc23)cc1. The second-order valence-electron chi connectivity index (χ2n) is 7.16. The number of likely N-dealkylation sites (N-methyl/N-ethyl adjacent to an activating group) is 1. The van der Waals surface area contributed by atoms with Crippen LogP contribution in [0.5, 0.6) is 11.5 Å². The van der Waals surface area contributed by atoms with E-state index >= 15 is 0 Å².